The first-order chi connectivity index (χ1) is 8.58. The van der Waals surface area contributed by atoms with E-state index in [0.29, 0.717) is 13.1 Å². The van der Waals surface area contributed by atoms with Gasteiger partial charge in [0, 0.05) is 13.1 Å². The van der Waals surface area contributed by atoms with E-state index in [1.165, 1.54) is 16.1 Å². The van der Waals surface area contributed by atoms with Crippen LogP contribution in [-0.4, -0.2) is 53.7 Å². The van der Waals surface area contributed by atoms with Gasteiger partial charge in [-0.1, -0.05) is 0 Å². The van der Waals surface area contributed by atoms with Crippen LogP contribution in [0.2, 0.25) is 0 Å². The Morgan fingerprint density at radius 3 is 2.72 bits per heavy atom. The standard InChI is InChI=1S/C11H13N3O4/c12-9(15)6-13-3-4-14(7-10(13)16)11(17)8-2-1-5-18-8/h1-2,5H,3-4,6-7H2,(H2,12,15). The van der Waals surface area contributed by atoms with Crippen molar-refractivity contribution in [1.82, 2.24) is 9.80 Å². The molecule has 0 atom stereocenters. The van der Waals surface area contributed by atoms with Gasteiger partial charge in [0.15, 0.2) is 5.76 Å². The monoisotopic (exact) mass is 251 g/mol. The number of piperazine rings is 1. The van der Waals surface area contributed by atoms with Crippen LogP contribution in [0, 0.1) is 0 Å². The lowest BCUT2D eigenvalue weighted by Crippen LogP contribution is -2.54. The third-order valence-electron chi connectivity index (χ3n) is 2.68. The molecule has 1 aliphatic rings. The second kappa shape index (κ2) is 4.91. The molecular formula is C11H13N3O4. The maximum absolute atomic E-state index is 11.9. The Morgan fingerprint density at radius 2 is 2.17 bits per heavy atom. The molecule has 1 aromatic heterocycles. The molecule has 7 nitrogen and oxygen atoms in total. The van der Waals surface area contributed by atoms with E-state index < -0.39 is 5.91 Å². The minimum Gasteiger partial charge on any atom is -0.459 e. The lowest BCUT2D eigenvalue weighted by molar-refractivity contribution is -0.138. The van der Waals surface area contributed by atoms with Gasteiger partial charge in [-0.3, -0.25) is 14.4 Å². The Bertz CT molecular complexity index is 469. The van der Waals surface area contributed by atoms with E-state index in [4.69, 9.17) is 10.2 Å². The summed E-state index contributed by atoms with van der Waals surface area (Å²) < 4.78 is 4.98. The molecule has 18 heavy (non-hydrogen) atoms. The summed E-state index contributed by atoms with van der Waals surface area (Å²) in [7, 11) is 0. The second-order valence-electron chi connectivity index (χ2n) is 3.99. The van der Waals surface area contributed by atoms with Gasteiger partial charge in [-0.05, 0) is 12.1 Å². The number of carbonyl (C=O) groups is 3. The van der Waals surface area contributed by atoms with Crippen molar-refractivity contribution in [3.63, 3.8) is 0 Å². The Labute approximate surface area is 103 Å². The van der Waals surface area contributed by atoms with Crippen LogP contribution in [0.1, 0.15) is 10.6 Å². The van der Waals surface area contributed by atoms with Gasteiger partial charge in [-0.2, -0.15) is 0 Å². The van der Waals surface area contributed by atoms with E-state index in [1.807, 2.05) is 0 Å². The van der Waals surface area contributed by atoms with E-state index in [-0.39, 0.29) is 30.7 Å². The number of hydrogen-bond acceptors (Lipinski definition) is 4. The van der Waals surface area contributed by atoms with Crippen molar-refractivity contribution in [3.05, 3.63) is 24.2 Å². The number of primary amides is 1. The fourth-order valence-electron chi connectivity index (χ4n) is 1.79. The number of furan rings is 1. The zero-order valence-corrected chi connectivity index (χ0v) is 9.67. The molecule has 2 heterocycles. The molecule has 1 saturated heterocycles. The lowest BCUT2D eigenvalue weighted by Gasteiger charge is -2.33. The molecule has 0 aromatic carbocycles. The summed E-state index contributed by atoms with van der Waals surface area (Å²) >= 11 is 0. The first-order valence-electron chi connectivity index (χ1n) is 5.47. The van der Waals surface area contributed by atoms with E-state index >= 15 is 0 Å². The van der Waals surface area contributed by atoms with Gasteiger partial charge in [0.2, 0.25) is 11.8 Å². The number of amides is 3. The number of nitrogens with two attached hydrogens (primary N) is 1. The molecule has 0 spiro atoms. The van der Waals surface area contributed by atoms with Crippen molar-refractivity contribution in [3.8, 4) is 0 Å². The van der Waals surface area contributed by atoms with E-state index in [0.717, 1.165) is 0 Å². The van der Waals surface area contributed by atoms with Crippen molar-refractivity contribution >= 4 is 17.7 Å². The maximum atomic E-state index is 11.9. The first-order valence-corrected chi connectivity index (χ1v) is 5.47. The summed E-state index contributed by atoms with van der Waals surface area (Å²) in [6, 6.07) is 3.15. The molecule has 1 aliphatic heterocycles. The summed E-state index contributed by atoms with van der Waals surface area (Å²) in [4.78, 5) is 37.1. The summed E-state index contributed by atoms with van der Waals surface area (Å²) in [5.41, 5.74) is 5.03. The van der Waals surface area contributed by atoms with Crippen LogP contribution < -0.4 is 5.73 Å². The maximum Gasteiger partial charge on any atom is 0.290 e. The Hall–Kier alpha value is -2.31. The molecule has 3 amide bonds. The number of hydrogen-bond donors (Lipinski definition) is 1. The average molecular weight is 251 g/mol. The van der Waals surface area contributed by atoms with Crippen molar-refractivity contribution in [2.45, 2.75) is 0 Å². The highest BCUT2D eigenvalue weighted by molar-refractivity contribution is 5.95. The van der Waals surface area contributed by atoms with Crippen molar-refractivity contribution in [1.29, 1.82) is 0 Å². The van der Waals surface area contributed by atoms with E-state index in [9.17, 15) is 14.4 Å². The predicted octanol–water partition coefficient (Wildman–Crippen LogP) is -0.951. The van der Waals surface area contributed by atoms with Crippen LogP contribution in [0.15, 0.2) is 22.8 Å². The fraction of sp³-hybridized carbons (Fsp3) is 0.364. The van der Waals surface area contributed by atoms with Gasteiger partial charge < -0.3 is 20.0 Å². The van der Waals surface area contributed by atoms with Gasteiger partial charge in [0.25, 0.3) is 5.91 Å². The third-order valence-corrected chi connectivity index (χ3v) is 2.68. The molecule has 7 heteroatoms. The topological polar surface area (TPSA) is 96.9 Å². The molecular weight excluding hydrogens is 238 g/mol. The van der Waals surface area contributed by atoms with Gasteiger partial charge in [-0.25, -0.2) is 0 Å². The molecule has 96 valence electrons. The van der Waals surface area contributed by atoms with Crippen LogP contribution in [0.4, 0.5) is 0 Å². The van der Waals surface area contributed by atoms with Crippen LogP contribution in [0.3, 0.4) is 0 Å². The van der Waals surface area contributed by atoms with Gasteiger partial charge in [0.05, 0.1) is 12.8 Å². The molecule has 0 radical (unpaired) electrons. The lowest BCUT2D eigenvalue weighted by atomic mass is 10.2. The SMILES string of the molecule is NC(=O)CN1CCN(C(=O)c2ccco2)CC1=O. The normalized spacial score (nSPS) is 15.9. The summed E-state index contributed by atoms with van der Waals surface area (Å²) in [5, 5.41) is 0. The largest absolute Gasteiger partial charge is 0.459 e. The minimum atomic E-state index is -0.561. The Morgan fingerprint density at radius 1 is 1.39 bits per heavy atom. The molecule has 1 fully saturated rings. The first kappa shape index (κ1) is 12.2. The molecule has 0 aliphatic carbocycles. The molecule has 2 N–H and O–H groups in total. The highest BCUT2D eigenvalue weighted by Gasteiger charge is 2.29. The van der Waals surface area contributed by atoms with Crippen LogP contribution in [-0.2, 0) is 9.59 Å². The van der Waals surface area contributed by atoms with Crippen molar-refractivity contribution in [2.75, 3.05) is 26.2 Å². The smallest absolute Gasteiger partial charge is 0.290 e. The third kappa shape index (κ3) is 2.50. The average Bonchev–Trinajstić information content (AvgIpc) is 2.84. The van der Waals surface area contributed by atoms with Crippen LogP contribution >= 0.6 is 0 Å². The second-order valence-corrected chi connectivity index (χ2v) is 3.99. The van der Waals surface area contributed by atoms with Gasteiger partial charge in [0.1, 0.15) is 6.54 Å². The van der Waals surface area contributed by atoms with Crippen molar-refractivity contribution in [2.24, 2.45) is 5.73 Å². The molecule has 0 bridgehead atoms. The van der Waals surface area contributed by atoms with Crippen molar-refractivity contribution < 1.29 is 18.8 Å². The minimum absolute atomic E-state index is 0.0627. The van der Waals surface area contributed by atoms with Crippen LogP contribution in [0.25, 0.3) is 0 Å². The van der Waals surface area contributed by atoms with Crippen LogP contribution in [0.5, 0.6) is 0 Å². The summed E-state index contributed by atoms with van der Waals surface area (Å²) in [6.07, 6.45) is 1.40. The molecule has 1 aromatic rings. The van der Waals surface area contributed by atoms with E-state index in [1.54, 1.807) is 12.1 Å². The highest BCUT2D eigenvalue weighted by atomic mass is 16.3. The molecule has 2 rings (SSSR count). The number of carbonyl (C=O) groups excluding carboxylic acids is 3. The van der Waals surface area contributed by atoms with E-state index in [2.05, 4.69) is 0 Å². The quantitative estimate of drug-likeness (QED) is 0.749. The fourth-order valence-corrected chi connectivity index (χ4v) is 1.79. The highest BCUT2D eigenvalue weighted by Crippen LogP contribution is 2.09. The predicted molar refractivity (Wildman–Crippen MR) is 60.4 cm³/mol. The number of nitrogens with zero attached hydrogens (tertiary/aromatic N) is 2. The number of rotatable bonds is 3. The summed E-state index contributed by atoms with van der Waals surface area (Å²) in [5.74, 6) is -0.979. The molecule has 0 unspecified atom stereocenters. The Kier molecular flexibility index (Phi) is 3.31. The zero-order chi connectivity index (χ0) is 13.1. The Balaban J connectivity index is 1.98. The van der Waals surface area contributed by atoms with Gasteiger partial charge in [-0.15, -0.1) is 0 Å². The molecule has 0 saturated carbocycles. The van der Waals surface area contributed by atoms with Gasteiger partial charge >= 0.3 is 0 Å². The zero-order valence-electron chi connectivity index (χ0n) is 9.67. The summed E-state index contributed by atoms with van der Waals surface area (Å²) in [6.45, 7) is 0.487.